The summed E-state index contributed by atoms with van der Waals surface area (Å²) in [5, 5.41) is 0.723. The fourth-order valence-electron chi connectivity index (χ4n) is 3.13. The number of benzene rings is 1. The zero-order valence-electron chi connectivity index (χ0n) is 13.9. The molecular weight excluding hydrogens is 338 g/mol. The molecule has 0 unspecified atom stereocenters. The number of hydrogen-bond acceptors (Lipinski definition) is 4. The molecule has 0 atom stereocenters. The van der Waals surface area contributed by atoms with Crippen molar-refractivity contribution >= 4 is 34.3 Å². The van der Waals surface area contributed by atoms with Crippen LogP contribution in [0.3, 0.4) is 0 Å². The van der Waals surface area contributed by atoms with Crippen LogP contribution in [0.4, 0.5) is 5.69 Å². The molecule has 0 saturated carbocycles. The highest BCUT2D eigenvalue weighted by Crippen LogP contribution is 2.23. The number of hydrogen-bond donors (Lipinski definition) is 0. The second-order valence-electron chi connectivity index (χ2n) is 6.21. The predicted octanol–water partition coefficient (Wildman–Crippen LogP) is 3.75. The van der Waals surface area contributed by atoms with Gasteiger partial charge in [-0.3, -0.25) is 4.79 Å². The number of amides is 1. The van der Waals surface area contributed by atoms with Crippen LogP contribution in [0.5, 0.6) is 0 Å². The highest BCUT2D eigenvalue weighted by atomic mass is 35.5. The maximum Gasteiger partial charge on any atom is 0.289 e. The van der Waals surface area contributed by atoms with E-state index in [4.69, 9.17) is 16.0 Å². The quantitative estimate of drug-likeness (QED) is 0.702. The van der Waals surface area contributed by atoms with Crippen LogP contribution in [0.15, 0.2) is 46.9 Å². The van der Waals surface area contributed by atoms with Gasteiger partial charge in [0.2, 0.25) is 0 Å². The largest absolute Gasteiger partial charge is 0.449 e. The van der Waals surface area contributed by atoms with Crippen LogP contribution in [-0.2, 0) is 0 Å². The van der Waals surface area contributed by atoms with Gasteiger partial charge in [-0.05, 0) is 37.3 Å². The number of aromatic nitrogens is 1. The van der Waals surface area contributed by atoms with Gasteiger partial charge in [0.15, 0.2) is 11.3 Å². The van der Waals surface area contributed by atoms with Crippen LogP contribution in [0, 0.1) is 6.92 Å². The molecule has 1 aromatic carbocycles. The Labute approximate surface area is 150 Å². The molecule has 25 heavy (non-hydrogen) atoms. The number of fused-ring (bicyclic) bond motifs is 1. The Bertz CT molecular complexity index is 929. The van der Waals surface area contributed by atoms with E-state index in [1.165, 1.54) is 0 Å². The van der Waals surface area contributed by atoms with E-state index in [1.54, 1.807) is 6.07 Å². The van der Waals surface area contributed by atoms with E-state index in [-0.39, 0.29) is 5.91 Å². The molecule has 2 aromatic heterocycles. The minimum absolute atomic E-state index is 0.0820. The number of halogens is 1. The van der Waals surface area contributed by atoms with Crippen molar-refractivity contribution in [3.63, 3.8) is 0 Å². The van der Waals surface area contributed by atoms with Gasteiger partial charge in [-0.15, -0.1) is 0 Å². The number of carbonyl (C=O) groups is 1. The molecule has 5 nitrogen and oxygen atoms in total. The average molecular weight is 356 g/mol. The molecule has 0 N–H and O–H groups in total. The molecule has 0 aliphatic carbocycles. The first-order valence-electron chi connectivity index (χ1n) is 8.27. The van der Waals surface area contributed by atoms with Crippen LogP contribution in [0.1, 0.15) is 16.2 Å². The van der Waals surface area contributed by atoms with Crippen LogP contribution in [-0.4, -0.2) is 42.0 Å². The molecule has 4 rings (SSSR count). The van der Waals surface area contributed by atoms with Crippen LogP contribution in [0.2, 0.25) is 5.02 Å². The first-order chi connectivity index (χ1) is 12.1. The normalized spacial score (nSPS) is 15.0. The van der Waals surface area contributed by atoms with Gasteiger partial charge in [-0.25, -0.2) is 4.98 Å². The van der Waals surface area contributed by atoms with Crippen LogP contribution < -0.4 is 4.90 Å². The van der Waals surface area contributed by atoms with Gasteiger partial charge in [0.05, 0.1) is 0 Å². The van der Waals surface area contributed by atoms with E-state index in [9.17, 15) is 4.79 Å². The molecule has 1 saturated heterocycles. The number of nitrogens with zero attached hydrogens (tertiary/aromatic N) is 3. The maximum absolute atomic E-state index is 12.7. The van der Waals surface area contributed by atoms with Crippen LogP contribution in [0.25, 0.3) is 11.1 Å². The summed E-state index contributed by atoms with van der Waals surface area (Å²) in [7, 11) is 0. The lowest BCUT2D eigenvalue weighted by molar-refractivity contribution is 0.0717. The van der Waals surface area contributed by atoms with Crippen molar-refractivity contribution in [3.8, 4) is 0 Å². The summed E-state index contributed by atoms with van der Waals surface area (Å²) in [5.74, 6) is 0.269. The lowest BCUT2D eigenvalue weighted by Gasteiger charge is -2.35. The molecule has 6 heteroatoms. The van der Waals surface area contributed by atoms with Crippen molar-refractivity contribution in [1.29, 1.82) is 0 Å². The second kappa shape index (κ2) is 6.41. The molecule has 3 aromatic rings. The zero-order chi connectivity index (χ0) is 17.4. The number of rotatable bonds is 2. The van der Waals surface area contributed by atoms with E-state index < -0.39 is 0 Å². The minimum atomic E-state index is -0.0820. The standard InChI is InChI=1S/C19H18ClN3O2/c1-13-5-6-17-16(21-13)12-18(25-17)19(24)23-9-7-22(8-10-23)15-4-2-3-14(20)11-15/h2-6,11-12H,7-10H2,1H3. The van der Waals surface area contributed by atoms with Gasteiger partial charge in [0, 0.05) is 48.6 Å². The molecule has 0 radical (unpaired) electrons. The molecule has 1 amide bonds. The molecule has 1 fully saturated rings. The van der Waals surface area contributed by atoms with Crippen LogP contribution >= 0.6 is 11.6 Å². The van der Waals surface area contributed by atoms with Crippen molar-refractivity contribution in [2.24, 2.45) is 0 Å². The number of furan rings is 1. The van der Waals surface area contributed by atoms with Crippen molar-refractivity contribution in [2.75, 3.05) is 31.1 Å². The summed E-state index contributed by atoms with van der Waals surface area (Å²) in [5.41, 5.74) is 3.36. The van der Waals surface area contributed by atoms with Gasteiger partial charge in [0.25, 0.3) is 5.91 Å². The molecule has 128 valence electrons. The number of anilines is 1. The van der Waals surface area contributed by atoms with Gasteiger partial charge < -0.3 is 14.2 Å². The Morgan fingerprint density at radius 3 is 2.68 bits per heavy atom. The Hall–Kier alpha value is -2.53. The first-order valence-corrected chi connectivity index (χ1v) is 8.65. The highest BCUT2D eigenvalue weighted by Gasteiger charge is 2.25. The van der Waals surface area contributed by atoms with Gasteiger partial charge in [0.1, 0.15) is 5.52 Å². The summed E-state index contributed by atoms with van der Waals surface area (Å²) in [6.07, 6.45) is 0. The van der Waals surface area contributed by atoms with E-state index >= 15 is 0 Å². The van der Waals surface area contributed by atoms with Gasteiger partial charge in [-0.1, -0.05) is 17.7 Å². The fraction of sp³-hybridized carbons (Fsp3) is 0.263. The second-order valence-corrected chi connectivity index (χ2v) is 6.64. The highest BCUT2D eigenvalue weighted by molar-refractivity contribution is 6.30. The third-order valence-corrected chi connectivity index (χ3v) is 4.70. The Balaban J connectivity index is 1.47. The Kier molecular flexibility index (Phi) is 4.09. The zero-order valence-corrected chi connectivity index (χ0v) is 14.7. The fourth-order valence-corrected chi connectivity index (χ4v) is 3.31. The number of aryl methyl sites for hydroxylation is 1. The molecular formula is C19H18ClN3O2. The smallest absolute Gasteiger partial charge is 0.289 e. The van der Waals surface area contributed by atoms with Gasteiger partial charge >= 0.3 is 0 Å². The van der Waals surface area contributed by atoms with Crippen molar-refractivity contribution in [2.45, 2.75) is 6.92 Å². The summed E-state index contributed by atoms with van der Waals surface area (Å²) < 4.78 is 5.68. The summed E-state index contributed by atoms with van der Waals surface area (Å²) in [6, 6.07) is 13.3. The predicted molar refractivity (Wildman–Crippen MR) is 98.3 cm³/mol. The number of pyridine rings is 1. The topological polar surface area (TPSA) is 49.6 Å². The average Bonchev–Trinajstić information content (AvgIpc) is 3.04. The van der Waals surface area contributed by atoms with Crippen molar-refractivity contribution in [3.05, 3.63) is 58.9 Å². The lowest BCUT2D eigenvalue weighted by atomic mass is 10.2. The number of carbonyl (C=O) groups excluding carboxylic acids is 1. The van der Waals surface area contributed by atoms with E-state index in [1.807, 2.05) is 48.2 Å². The molecule has 0 spiro atoms. The van der Waals surface area contributed by atoms with E-state index in [0.717, 1.165) is 35.0 Å². The summed E-state index contributed by atoms with van der Waals surface area (Å²) >= 11 is 6.06. The summed E-state index contributed by atoms with van der Waals surface area (Å²) in [4.78, 5) is 21.2. The third kappa shape index (κ3) is 3.20. The first kappa shape index (κ1) is 16.0. The van der Waals surface area contributed by atoms with E-state index in [2.05, 4.69) is 9.88 Å². The molecule has 1 aliphatic rings. The number of piperazine rings is 1. The lowest BCUT2D eigenvalue weighted by Crippen LogP contribution is -2.48. The molecule has 0 bridgehead atoms. The maximum atomic E-state index is 12.7. The minimum Gasteiger partial charge on any atom is -0.449 e. The Morgan fingerprint density at radius 1 is 1.12 bits per heavy atom. The SMILES string of the molecule is Cc1ccc2oc(C(=O)N3CCN(c4cccc(Cl)c4)CC3)cc2n1. The monoisotopic (exact) mass is 355 g/mol. The Morgan fingerprint density at radius 2 is 1.92 bits per heavy atom. The third-order valence-electron chi connectivity index (χ3n) is 4.46. The van der Waals surface area contributed by atoms with Crippen molar-refractivity contribution in [1.82, 2.24) is 9.88 Å². The summed E-state index contributed by atoms with van der Waals surface area (Å²) in [6.45, 7) is 4.75. The van der Waals surface area contributed by atoms with Gasteiger partial charge in [-0.2, -0.15) is 0 Å². The molecule has 1 aliphatic heterocycles. The molecule has 3 heterocycles. The van der Waals surface area contributed by atoms with E-state index in [0.29, 0.717) is 24.4 Å². The van der Waals surface area contributed by atoms with Crippen molar-refractivity contribution < 1.29 is 9.21 Å².